The van der Waals surface area contributed by atoms with Crippen LogP contribution in [0.3, 0.4) is 0 Å². The van der Waals surface area contributed by atoms with Crippen molar-refractivity contribution in [3.8, 4) is 11.5 Å². The number of aromatic nitrogens is 1. The van der Waals surface area contributed by atoms with Crippen molar-refractivity contribution in [2.24, 2.45) is 5.73 Å². The molecule has 1 aromatic heterocycles. The first kappa shape index (κ1) is 12.5. The largest absolute Gasteiger partial charge is 0.456 e. The summed E-state index contributed by atoms with van der Waals surface area (Å²) in [6.07, 6.45) is 1.43. The third kappa shape index (κ3) is 3.03. The molecule has 19 heavy (non-hydrogen) atoms. The maximum atomic E-state index is 10.5. The fourth-order valence-corrected chi connectivity index (χ4v) is 1.37. The van der Waals surface area contributed by atoms with Gasteiger partial charge in [0.05, 0.1) is 11.1 Å². The number of benzene rings is 1. The van der Waals surface area contributed by atoms with Crippen molar-refractivity contribution >= 4 is 11.5 Å². The van der Waals surface area contributed by atoms with Gasteiger partial charge in [0, 0.05) is 12.1 Å². The van der Waals surface area contributed by atoms with Gasteiger partial charge in [-0.15, -0.1) is 0 Å². The van der Waals surface area contributed by atoms with Crippen molar-refractivity contribution < 1.29 is 9.66 Å². The van der Waals surface area contributed by atoms with Crippen LogP contribution >= 0.6 is 0 Å². The number of nitro groups is 1. The number of nitrogen functional groups attached to an aromatic ring is 1. The van der Waals surface area contributed by atoms with E-state index in [0.29, 0.717) is 17.2 Å². The fourth-order valence-electron chi connectivity index (χ4n) is 1.37. The van der Waals surface area contributed by atoms with Crippen LogP contribution < -0.4 is 10.5 Å². The van der Waals surface area contributed by atoms with E-state index >= 15 is 0 Å². The molecule has 0 bridgehead atoms. The van der Waals surface area contributed by atoms with Gasteiger partial charge in [-0.1, -0.05) is 0 Å². The highest BCUT2D eigenvalue weighted by molar-refractivity contribution is 5.92. The number of nitrogens with one attached hydrogen (secondary N) is 1. The van der Waals surface area contributed by atoms with Crippen molar-refractivity contribution in [1.29, 1.82) is 5.41 Å². The van der Waals surface area contributed by atoms with E-state index in [2.05, 4.69) is 4.98 Å². The number of hydrogen-bond acceptors (Lipinski definition) is 5. The third-order valence-corrected chi connectivity index (χ3v) is 2.30. The molecule has 1 heterocycles. The van der Waals surface area contributed by atoms with E-state index in [9.17, 15) is 10.1 Å². The quantitative estimate of drug-likeness (QED) is 0.377. The minimum atomic E-state index is -0.479. The van der Waals surface area contributed by atoms with Gasteiger partial charge in [0.25, 0.3) is 5.69 Å². The number of hydrogen-bond donors (Lipinski definition) is 2. The summed E-state index contributed by atoms with van der Waals surface area (Å²) in [5.74, 6) is 0.795. The molecule has 2 rings (SSSR count). The number of rotatable bonds is 4. The molecule has 1 aromatic carbocycles. The fraction of sp³-hybridized carbons (Fsp3) is 0. The Morgan fingerprint density at radius 1 is 1.21 bits per heavy atom. The average Bonchev–Trinajstić information content (AvgIpc) is 2.40. The minimum Gasteiger partial charge on any atom is -0.456 e. The van der Waals surface area contributed by atoms with Crippen LogP contribution in [0.1, 0.15) is 5.69 Å². The Morgan fingerprint density at radius 2 is 1.84 bits per heavy atom. The zero-order valence-electron chi connectivity index (χ0n) is 9.74. The molecule has 0 saturated carbocycles. The van der Waals surface area contributed by atoms with E-state index in [1.54, 1.807) is 12.1 Å². The molecule has 0 amide bonds. The highest BCUT2D eigenvalue weighted by Crippen LogP contribution is 2.23. The lowest BCUT2D eigenvalue weighted by molar-refractivity contribution is -0.384. The molecule has 96 valence electrons. The van der Waals surface area contributed by atoms with Gasteiger partial charge < -0.3 is 10.5 Å². The van der Waals surface area contributed by atoms with Gasteiger partial charge in [-0.3, -0.25) is 15.5 Å². The molecule has 0 aliphatic rings. The number of nitrogens with two attached hydrogens (primary N) is 1. The van der Waals surface area contributed by atoms with Crippen LogP contribution in [0.5, 0.6) is 11.5 Å². The van der Waals surface area contributed by atoms with Crippen molar-refractivity contribution in [2.45, 2.75) is 0 Å². The monoisotopic (exact) mass is 258 g/mol. The molecule has 0 aliphatic heterocycles. The van der Waals surface area contributed by atoms with Gasteiger partial charge in [-0.2, -0.15) is 0 Å². The molecule has 7 nitrogen and oxygen atoms in total. The average molecular weight is 258 g/mol. The van der Waals surface area contributed by atoms with Gasteiger partial charge in [0.15, 0.2) is 0 Å². The summed E-state index contributed by atoms with van der Waals surface area (Å²) in [4.78, 5) is 14.0. The zero-order valence-corrected chi connectivity index (χ0v) is 9.74. The Balaban J connectivity index is 2.12. The van der Waals surface area contributed by atoms with E-state index in [-0.39, 0.29) is 11.5 Å². The van der Waals surface area contributed by atoms with Gasteiger partial charge >= 0.3 is 0 Å². The van der Waals surface area contributed by atoms with E-state index in [4.69, 9.17) is 15.9 Å². The van der Waals surface area contributed by atoms with Crippen LogP contribution in [-0.2, 0) is 0 Å². The summed E-state index contributed by atoms with van der Waals surface area (Å²) < 4.78 is 5.45. The summed E-state index contributed by atoms with van der Waals surface area (Å²) in [6.45, 7) is 0. The molecule has 0 aliphatic carbocycles. The van der Waals surface area contributed by atoms with Crippen LogP contribution in [0.4, 0.5) is 5.69 Å². The molecule has 0 spiro atoms. The lowest BCUT2D eigenvalue weighted by Crippen LogP contribution is -2.12. The van der Waals surface area contributed by atoms with Gasteiger partial charge in [0.1, 0.15) is 23.0 Å². The first-order valence-corrected chi connectivity index (χ1v) is 5.29. The lowest BCUT2D eigenvalue weighted by Gasteiger charge is -2.05. The summed E-state index contributed by atoms with van der Waals surface area (Å²) in [7, 11) is 0. The Bertz CT molecular complexity index is 552. The maximum Gasteiger partial charge on any atom is 0.269 e. The second-order valence-corrected chi connectivity index (χ2v) is 3.65. The SMILES string of the molecule is N=C(N)c1ccc(Oc2ccc([N+](=O)[O-])cc2)cn1. The van der Waals surface area contributed by atoms with Crippen LogP contribution in [0.2, 0.25) is 0 Å². The normalized spacial score (nSPS) is 9.89. The Morgan fingerprint density at radius 3 is 2.32 bits per heavy atom. The Labute approximate surface area is 108 Å². The molecule has 0 unspecified atom stereocenters. The molecule has 0 radical (unpaired) electrons. The molecule has 0 fully saturated rings. The third-order valence-electron chi connectivity index (χ3n) is 2.30. The van der Waals surface area contributed by atoms with Crippen LogP contribution in [0.15, 0.2) is 42.6 Å². The van der Waals surface area contributed by atoms with Gasteiger partial charge in [0.2, 0.25) is 0 Å². The minimum absolute atomic E-state index is 0.00240. The summed E-state index contributed by atoms with van der Waals surface area (Å²) in [5, 5.41) is 17.7. The van der Waals surface area contributed by atoms with E-state index in [1.165, 1.54) is 30.5 Å². The predicted octanol–water partition coefficient (Wildman–Crippen LogP) is 2.07. The smallest absolute Gasteiger partial charge is 0.269 e. The van der Waals surface area contributed by atoms with Crippen LogP contribution in [-0.4, -0.2) is 15.7 Å². The summed E-state index contributed by atoms with van der Waals surface area (Å²) in [5.41, 5.74) is 5.63. The summed E-state index contributed by atoms with van der Waals surface area (Å²) >= 11 is 0. The van der Waals surface area contributed by atoms with Gasteiger partial charge in [-0.05, 0) is 24.3 Å². The number of ether oxygens (including phenoxy) is 1. The van der Waals surface area contributed by atoms with Crippen molar-refractivity contribution in [3.05, 3.63) is 58.4 Å². The van der Waals surface area contributed by atoms with Crippen LogP contribution in [0.25, 0.3) is 0 Å². The molecule has 7 heteroatoms. The van der Waals surface area contributed by atoms with E-state index in [0.717, 1.165) is 0 Å². The first-order valence-electron chi connectivity index (χ1n) is 5.29. The summed E-state index contributed by atoms with van der Waals surface area (Å²) in [6, 6.07) is 8.88. The standard InChI is InChI=1S/C12H10N4O3/c13-12(14)11-6-5-10(7-15-11)19-9-3-1-8(2-4-9)16(17)18/h1-7H,(H3,13,14). The number of amidine groups is 1. The molecule has 2 aromatic rings. The number of pyridine rings is 1. The van der Waals surface area contributed by atoms with E-state index in [1.807, 2.05) is 0 Å². The van der Waals surface area contributed by atoms with Crippen molar-refractivity contribution in [2.75, 3.05) is 0 Å². The molecule has 3 N–H and O–H groups in total. The number of nitro benzene ring substituents is 1. The van der Waals surface area contributed by atoms with E-state index < -0.39 is 4.92 Å². The maximum absolute atomic E-state index is 10.5. The predicted molar refractivity (Wildman–Crippen MR) is 68.4 cm³/mol. The lowest BCUT2D eigenvalue weighted by atomic mass is 10.3. The number of nitrogens with zero attached hydrogens (tertiary/aromatic N) is 2. The topological polar surface area (TPSA) is 115 Å². The van der Waals surface area contributed by atoms with Crippen LogP contribution in [0, 0.1) is 15.5 Å². The van der Waals surface area contributed by atoms with Crippen molar-refractivity contribution in [3.63, 3.8) is 0 Å². The van der Waals surface area contributed by atoms with Crippen molar-refractivity contribution in [1.82, 2.24) is 4.98 Å². The molecular formula is C12H10N4O3. The van der Waals surface area contributed by atoms with Gasteiger partial charge in [-0.25, -0.2) is 4.98 Å². The molecule has 0 saturated heterocycles. The highest BCUT2D eigenvalue weighted by Gasteiger charge is 2.05. The zero-order chi connectivity index (χ0) is 13.8. The molecule has 0 atom stereocenters. The second kappa shape index (κ2) is 5.13. The Kier molecular flexibility index (Phi) is 3.37. The second-order valence-electron chi connectivity index (χ2n) is 3.65. The number of non-ortho nitro benzene ring substituents is 1. The highest BCUT2D eigenvalue weighted by atomic mass is 16.6. The molecular weight excluding hydrogens is 248 g/mol. The Hall–Kier alpha value is -2.96. The first-order chi connectivity index (χ1) is 9.06.